The predicted molar refractivity (Wildman–Crippen MR) is 133 cm³/mol. The summed E-state index contributed by atoms with van der Waals surface area (Å²) in [6, 6.07) is 29.3. The van der Waals surface area contributed by atoms with Crippen LogP contribution in [-0.2, 0) is 11.3 Å². The summed E-state index contributed by atoms with van der Waals surface area (Å²) < 4.78 is 1.40. The van der Waals surface area contributed by atoms with Crippen molar-refractivity contribution < 1.29 is 4.79 Å². The van der Waals surface area contributed by atoms with E-state index in [1.807, 2.05) is 97.9 Å². The Morgan fingerprint density at radius 3 is 2.27 bits per heavy atom. The Labute approximate surface area is 191 Å². The summed E-state index contributed by atoms with van der Waals surface area (Å²) in [5, 5.41) is 11.1. The SMILES string of the molecule is Cc1ccc(-c2nn(CCC(=O)Nc3cccc4ccccc34)c(=O)c3ccccc23)cc1. The number of benzene rings is 4. The van der Waals surface area contributed by atoms with Gasteiger partial charge in [-0.15, -0.1) is 0 Å². The molecule has 1 N–H and O–H groups in total. The average Bonchev–Trinajstić information content (AvgIpc) is 2.85. The molecule has 4 aromatic carbocycles. The van der Waals surface area contributed by atoms with Crippen molar-refractivity contribution in [3.8, 4) is 11.3 Å². The molecule has 1 aromatic heterocycles. The second-order valence-corrected chi connectivity index (χ2v) is 8.11. The van der Waals surface area contributed by atoms with Crippen LogP contribution in [-0.4, -0.2) is 15.7 Å². The molecule has 5 rings (SSSR count). The molecule has 0 saturated carbocycles. The topological polar surface area (TPSA) is 64.0 Å². The monoisotopic (exact) mass is 433 g/mol. The average molecular weight is 434 g/mol. The van der Waals surface area contributed by atoms with E-state index in [0.717, 1.165) is 38.7 Å². The van der Waals surface area contributed by atoms with Gasteiger partial charge in [0.05, 0.1) is 17.6 Å². The van der Waals surface area contributed by atoms with Crippen molar-refractivity contribution in [2.75, 3.05) is 5.32 Å². The highest BCUT2D eigenvalue weighted by Gasteiger charge is 2.13. The normalized spacial score (nSPS) is 11.1. The maximum atomic E-state index is 13.1. The van der Waals surface area contributed by atoms with Crippen LogP contribution in [0.2, 0.25) is 0 Å². The van der Waals surface area contributed by atoms with Gasteiger partial charge in [0.25, 0.3) is 5.56 Å². The van der Waals surface area contributed by atoms with Gasteiger partial charge in [-0.3, -0.25) is 9.59 Å². The van der Waals surface area contributed by atoms with E-state index in [-0.39, 0.29) is 24.4 Å². The number of nitrogens with zero attached hydrogens (tertiary/aromatic N) is 2. The Kier molecular flexibility index (Phi) is 5.45. The van der Waals surface area contributed by atoms with Crippen molar-refractivity contribution in [3.63, 3.8) is 0 Å². The van der Waals surface area contributed by atoms with Gasteiger partial charge in [-0.05, 0) is 24.4 Å². The maximum Gasteiger partial charge on any atom is 0.274 e. The number of hydrogen-bond donors (Lipinski definition) is 1. The van der Waals surface area contributed by atoms with Crippen LogP contribution < -0.4 is 10.9 Å². The first-order valence-corrected chi connectivity index (χ1v) is 10.9. The predicted octanol–water partition coefficient (Wildman–Crippen LogP) is 5.55. The second kappa shape index (κ2) is 8.71. The van der Waals surface area contributed by atoms with E-state index in [9.17, 15) is 9.59 Å². The van der Waals surface area contributed by atoms with Crippen molar-refractivity contribution in [1.82, 2.24) is 9.78 Å². The van der Waals surface area contributed by atoms with Gasteiger partial charge in [-0.2, -0.15) is 5.10 Å². The fourth-order valence-electron chi connectivity index (χ4n) is 4.07. The van der Waals surface area contributed by atoms with E-state index >= 15 is 0 Å². The third-order valence-corrected chi connectivity index (χ3v) is 5.81. The van der Waals surface area contributed by atoms with E-state index in [1.54, 1.807) is 0 Å². The maximum absolute atomic E-state index is 13.1. The number of aromatic nitrogens is 2. The minimum atomic E-state index is -0.195. The lowest BCUT2D eigenvalue weighted by Crippen LogP contribution is -2.26. The summed E-state index contributed by atoms with van der Waals surface area (Å²) in [4.78, 5) is 25.8. The van der Waals surface area contributed by atoms with Gasteiger partial charge in [0.15, 0.2) is 0 Å². The number of aryl methyl sites for hydroxylation is 2. The number of fused-ring (bicyclic) bond motifs is 2. The molecule has 0 unspecified atom stereocenters. The van der Waals surface area contributed by atoms with E-state index in [2.05, 4.69) is 10.4 Å². The van der Waals surface area contributed by atoms with E-state index < -0.39 is 0 Å². The molecule has 162 valence electrons. The number of carbonyl (C=O) groups is 1. The third kappa shape index (κ3) is 4.13. The third-order valence-electron chi connectivity index (χ3n) is 5.81. The van der Waals surface area contributed by atoms with Crippen LogP contribution in [0.1, 0.15) is 12.0 Å². The van der Waals surface area contributed by atoms with Crippen molar-refractivity contribution in [3.05, 3.63) is 107 Å². The molecule has 5 nitrogen and oxygen atoms in total. The summed E-state index contributed by atoms with van der Waals surface area (Å²) in [7, 11) is 0. The van der Waals surface area contributed by atoms with Crippen molar-refractivity contribution >= 4 is 33.1 Å². The van der Waals surface area contributed by atoms with Gasteiger partial charge in [0.1, 0.15) is 0 Å². The van der Waals surface area contributed by atoms with Crippen LogP contribution in [0.15, 0.2) is 95.8 Å². The number of carbonyl (C=O) groups excluding carboxylic acids is 1. The molecule has 1 amide bonds. The number of anilines is 1. The molecule has 0 fully saturated rings. The van der Waals surface area contributed by atoms with Gasteiger partial charge >= 0.3 is 0 Å². The van der Waals surface area contributed by atoms with Gasteiger partial charge in [-0.25, -0.2) is 4.68 Å². The van der Waals surface area contributed by atoms with E-state index in [1.165, 1.54) is 4.68 Å². The first-order valence-electron chi connectivity index (χ1n) is 10.9. The largest absolute Gasteiger partial charge is 0.325 e. The highest BCUT2D eigenvalue weighted by atomic mass is 16.2. The molecule has 0 spiro atoms. The van der Waals surface area contributed by atoms with E-state index in [0.29, 0.717) is 5.39 Å². The standard InChI is InChI=1S/C28H23N3O2/c1-19-13-15-21(16-14-19)27-23-10-4-5-11-24(23)28(33)31(30-27)18-17-26(32)29-25-12-6-8-20-7-2-3-9-22(20)25/h2-16H,17-18H2,1H3,(H,29,32). The fraction of sp³-hybridized carbons (Fsp3) is 0.107. The van der Waals surface area contributed by atoms with Gasteiger partial charge in [-0.1, -0.05) is 84.4 Å². The minimum Gasteiger partial charge on any atom is -0.325 e. The van der Waals surface area contributed by atoms with Crippen LogP contribution in [0.25, 0.3) is 32.8 Å². The van der Waals surface area contributed by atoms with Crippen LogP contribution in [0, 0.1) is 6.92 Å². The van der Waals surface area contributed by atoms with Crippen LogP contribution in [0.4, 0.5) is 5.69 Å². The first kappa shape index (κ1) is 20.6. The lowest BCUT2D eigenvalue weighted by atomic mass is 10.0. The highest BCUT2D eigenvalue weighted by molar-refractivity contribution is 6.02. The molecule has 0 saturated heterocycles. The zero-order valence-electron chi connectivity index (χ0n) is 18.3. The number of rotatable bonds is 5. The van der Waals surface area contributed by atoms with Crippen LogP contribution in [0.3, 0.4) is 0 Å². The lowest BCUT2D eigenvalue weighted by molar-refractivity contribution is -0.116. The molecule has 0 atom stereocenters. The molecule has 5 heteroatoms. The molecular formula is C28H23N3O2. The molecule has 0 aliphatic rings. The minimum absolute atomic E-state index is 0.141. The molecule has 0 bridgehead atoms. The Bertz CT molecular complexity index is 1530. The van der Waals surface area contributed by atoms with Crippen molar-refractivity contribution in [2.45, 2.75) is 19.9 Å². The zero-order chi connectivity index (χ0) is 22.8. The number of nitrogens with one attached hydrogen (secondary N) is 1. The summed E-state index contributed by atoms with van der Waals surface area (Å²) >= 11 is 0. The molecule has 33 heavy (non-hydrogen) atoms. The Morgan fingerprint density at radius 1 is 0.818 bits per heavy atom. The quantitative estimate of drug-likeness (QED) is 0.395. The summed E-state index contributed by atoms with van der Waals surface area (Å²) in [6.07, 6.45) is 0.141. The number of amides is 1. The Balaban J connectivity index is 1.44. The van der Waals surface area contributed by atoms with Gasteiger partial charge < -0.3 is 5.32 Å². The molecule has 5 aromatic rings. The van der Waals surface area contributed by atoms with Crippen molar-refractivity contribution in [1.29, 1.82) is 0 Å². The summed E-state index contributed by atoms with van der Waals surface area (Å²) in [6.45, 7) is 2.23. The zero-order valence-corrected chi connectivity index (χ0v) is 18.3. The molecular weight excluding hydrogens is 410 g/mol. The second-order valence-electron chi connectivity index (χ2n) is 8.11. The van der Waals surface area contributed by atoms with E-state index in [4.69, 9.17) is 0 Å². The Morgan fingerprint density at radius 2 is 1.48 bits per heavy atom. The van der Waals surface area contributed by atoms with Gasteiger partial charge in [0, 0.05) is 28.4 Å². The molecule has 0 aliphatic heterocycles. The lowest BCUT2D eigenvalue weighted by Gasteiger charge is -2.12. The van der Waals surface area contributed by atoms with Crippen LogP contribution >= 0.6 is 0 Å². The summed E-state index contributed by atoms with van der Waals surface area (Å²) in [5.74, 6) is -0.162. The fourth-order valence-corrected chi connectivity index (χ4v) is 4.07. The molecule has 0 radical (unpaired) electrons. The van der Waals surface area contributed by atoms with Gasteiger partial charge in [0.2, 0.25) is 5.91 Å². The first-order chi connectivity index (χ1) is 16.1. The summed E-state index contributed by atoms with van der Waals surface area (Å²) in [5.41, 5.74) is 3.39. The Hall–Kier alpha value is -4.25. The smallest absolute Gasteiger partial charge is 0.274 e. The molecule has 1 heterocycles. The van der Waals surface area contributed by atoms with Crippen LogP contribution in [0.5, 0.6) is 0 Å². The number of hydrogen-bond acceptors (Lipinski definition) is 3. The van der Waals surface area contributed by atoms with Crippen molar-refractivity contribution in [2.24, 2.45) is 0 Å². The highest BCUT2D eigenvalue weighted by Crippen LogP contribution is 2.25. The molecule has 0 aliphatic carbocycles.